The average molecular weight is 357 g/mol. The minimum Gasteiger partial charge on any atom is -0.372 e. The van der Waals surface area contributed by atoms with Crippen LogP contribution in [-0.4, -0.2) is 24.2 Å². The van der Waals surface area contributed by atoms with Crippen LogP contribution in [0.1, 0.15) is 31.9 Å². The van der Waals surface area contributed by atoms with Crippen molar-refractivity contribution in [3.05, 3.63) is 59.7 Å². The van der Waals surface area contributed by atoms with Crippen molar-refractivity contribution >= 4 is 23.4 Å². The van der Waals surface area contributed by atoms with Gasteiger partial charge in [-0.25, -0.2) is 0 Å². The van der Waals surface area contributed by atoms with Gasteiger partial charge >= 0.3 is 0 Å². The lowest BCUT2D eigenvalue weighted by Crippen LogP contribution is -2.30. The molecule has 0 aliphatic rings. The van der Waals surface area contributed by atoms with E-state index in [0.717, 1.165) is 23.5 Å². The summed E-state index contributed by atoms with van der Waals surface area (Å²) < 4.78 is 0. The van der Waals surface area contributed by atoms with Gasteiger partial charge in [-0.2, -0.15) is 0 Å². The van der Waals surface area contributed by atoms with E-state index in [1.165, 1.54) is 11.3 Å². The molecule has 1 amide bonds. The van der Waals surface area contributed by atoms with Crippen LogP contribution in [0, 0.1) is 6.92 Å². The zero-order chi connectivity index (χ0) is 18.2. The average Bonchev–Trinajstić information content (AvgIpc) is 2.63. The number of aryl methyl sites for hydroxylation is 1. The Morgan fingerprint density at radius 2 is 1.64 bits per heavy atom. The number of nitrogens with zero attached hydrogens (tertiary/aromatic N) is 1. The Balaban J connectivity index is 1.85. The minimum absolute atomic E-state index is 0.0680. The van der Waals surface area contributed by atoms with Gasteiger partial charge in [0.2, 0.25) is 5.91 Å². The van der Waals surface area contributed by atoms with Crippen molar-refractivity contribution in [2.45, 2.75) is 44.4 Å². The van der Waals surface area contributed by atoms with E-state index in [9.17, 15) is 4.79 Å². The Morgan fingerprint density at radius 3 is 2.20 bits per heavy atom. The molecule has 0 aliphatic carbocycles. The van der Waals surface area contributed by atoms with Crippen LogP contribution in [0.2, 0.25) is 0 Å². The van der Waals surface area contributed by atoms with Crippen molar-refractivity contribution in [1.29, 1.82) is 0 Å². The maximum atomic E-state index is 12.3. The van der Waals surface area contributed by atoms with E-state index >= 15 is 0 Å². The highest BCUT2D eigenvalue weighted by atomic mass is 32.2. The molecule has 2 aromatic rings. The number of carbonyl (C=O) groups is 1. The third-order valence-corrected chi connectivity index (χ3v) is 5.35. The molecular weight excluding hydrogens is 328 g/mol. The standard InChI is InChI=1S/C21H28N2OS/c1-5-23(6-2)19-11-9-18(10-12-19)15-22-21(24)17(4)25-20-13-7-16(3)8-14-20/h7-14,17H,5-6,15H2,1-4H3,(H,22,24)/t17-/m1/s1. The molecule has 134 valence electrons. The first-order valence-corrected chi connectivity index (χ1v) is 9.76. The third kappa shape index (κ3) is 5.82. The van der Waals surface area contributed by atoms with Gasteiger partial charge in [0, 0.05) is 30.2 Å². The number of thioether (sulfide) groups is 1. The summed E-state index contributed by atoms with van der Waals surface area (Å²) >= 11 is 1.59. The predicted molar refractivity (Wildman–Crippen MR) is 108 cm³/mol. The van der Waals surface area contributed by atoms with Gasteiger partial charge in [-0.1, -0.05) is 29.8 Å². The van der Waals surface area contributed by atoms with Gasteiger partial charge in [-0.3, -0.25) is 4.79 Å². The molecule has 0 fully saturated rings. The summed E-state index contributed by atoms with van der Waals surface area (Å²) in [5.74, 6) is 0.0680. The Hall–Kier alpha value is -1.94. The van der Waals surface area contributed by atoms with E-state index in [1.807, 2.05) is 6.92 Å². The van der Waals surface area contributed by atoms with E-state index in [2.05, 4.69) is 79.5 Å². The van der Waals surface area contributed by atoms with Gasteiger partial charge in [0.15, 0.2) is 0 Å². The van der Waals surface area contributed by atoms with Gasteiger partial charge in [0.1, 0.15) is 0 Å². The summed E-state index contributed by atoms with van der Waals surface area (Å²) in [7, 11) is 0. The van der Waals surface area contributed by atoms with Crippen LogP contribution in [0.3, 0.4) is 0 Å². The zero-order valence-corrected chi connectivity index (χ0v) is 16.4. The molecule has 1 atom stereocenters. The molecule has 3 nitrogen and oxygen atoms in total. The van der Waals surface area contributed by atoms with E-state index in [4.69, 9.17) is 0 Å². The minimum atomic E-state index is -0.113. The summed E-state index contributed by atoms with van der Waals surface area (Å²) in [6, 6.07) is 16.7. The summed E-state index contributed by atoms with van der Waals surface area (Å²) in [6.45, 7) is 10.9. The van der Waals surface area contributed by atoms with Crippen LogP contribution >= 0.6 is 11.8 Å². The molecule has 0 saturated heterocycles. The number of benzene rings is 2. The summed E-state index contributed by atoms with van der Waals surface area (Å²) in [5.41, 5.74) is 3.58. The maximum Gasteiger partial charge on any atom is 0.233 e. The molecule has 0 bridgehead atoms. The fourth-order valence-corrected chi connectivity index (χ4v) is 3.51. The summed E-state index contributed by atoms with van der Waals surface area (Å²) in [4.78, 5) is 15.7. The molecule has 0 aliphatic heterocycles. The second-order valence-electron chi connectivity index (χ2n) is 6.13. The first-order chi connectivity index (χ1) is 12.0. The molecule has 2 rings (SSSR count). The van der Waals surface area contributed by atoms with E-state index in [-0.39, 0.29) is 11.2 Å². The number of hydrogen-bond donors (Lipinski definition) is 1. The molecule has 1 N–H and O–H groups in total. The lowest BCUT2D eigenvalue weighted by molar-refractivity contribution is -0.120. The number of nitrogens with one attached hydrogen (secondary N) is 1. The van der Waals surface area contributed by atoms with Crippen molar-refractivity contribution in [2.75, 3.05) is 18.0 Å². The normalized spacial score (nSPS) is 11.8. The fraction of sp³-hybridized carbons (Fsp3) is 0.381. The second-order valence-corrected chi connectivity index (χ2v) is 7.54. The number of carbonyl (C=O) groups excluding carboxylic acids is 1. The van der Waals surface area contributed by atoms with Crippen molar-refractivity contribution in [3.63, 3.8) is 0 Å². The van der Waals surface area contributed by atoms with Gasteiger partial charge in [0.25, 0.3) is 0 Å². The Labute approximate surface area is 155 Å². The quantitative estimate of drug-likeness (QED) is 0.700. The smallest absolute Gasteiger partial charge is 0.233 e. The van der Waals surface area contributed by atoms with Crippen LogP contribution in [0.25, 0.3) is 0 Å². The maximum absolute atomic E-state index is 12.3. The lowest BCUT2D eigenvalue weighted by atomic mass is 10.2. The zero-order valence-electron chi connectivity index (χ0n) is 15.6. The highest BCUT2D eigenvalue weighted by Crippen LogP contribution is 2.23. The molecule has 4 heteroatoms. The van der Waals surface area contributed by atoms with Crippen LogP contribution < -0.4 is 10.2 Å². The molecule has 0 saturated carbocycles. The number of rotatable bonds is 8. The molecule has 0 spiro atoms. The Bertz CT molecular complexity index is 663. The van der Waals surface area contributed by atoms with Crippen LogP contribution in [0.15, 0.2) is 53.4 Å². The molecular formula is C21H28N2OS. The predicted octanol–water partition coefficient (Wildman–Crippen LogP) is 4.64. The Kier molecular flexibility index (Phi) is 7.38. The van der Waals surface area contributed by atoms with E-state index < -0.39 is 0 Å². The van der Waals surface area contributed by atoms with Crippen molar-refractivity contribution < 1.29 is 4.79 Å². The molecule has 25 heavy (non-hydrogen) atoms. The summed E-state index contributed by atoms with van der Waals surface area (Å²) in [6.07, 6.45) is 0. The highest BCUT2D eigenvalue weighted by Gasteiger charge is 2.14. The highest BCUT2D eigenvalue weighted by molar-refractivity contribution is 8.00. The molecule has 0 unspecified atom stereocenters. The van der Waals surface area contributed by atoms with Crippen molar-refractivity contribution in [3.8, 4) is 0 Å². The van der Waals surface area contributed by atoms with Crippen LogP contribution in [0.4, 0.5) is 5.69 Å². The number of amides is 1. The van der Waals surface area contributed by atoms with Crippen molar-refractivity contribution in [2.24, 2.45) is 0 Å². The van der Waals surface area contributed by atoms with Gasteiger partial charge in [0.05, 0.1) is 5.25 Å². The monoisotopic (exact) mass is 356 g/mol. The Morgan fingerprint density at radius 1 is 1.04 bits per heavy atom. The molecule has 0 heterocycles. The molecule has 2 aromatic carbocycles. The number of anilines is 1. The van der Waals surface area contributed by atoms with Crippen molar-refractivity contribution in [1.82, 2.24) is 5.32 Å². The fourth-order valence-electron chi connectivity index (χ4n) is 2.62. The van der Waals surface area contributed by atoms with E-state index in [1.54, 1.807) is 11.8 Å². The first kappa shape index (κ1) is 19.4. The SMILES string of the molecule is CCN(CC)c1ccc(CNC(=O)[C@@H](C)Sc2ccc(C)cc2)cc1. The third-order valence-electron chi connectivity index (χ3n) is 4.23. The lowest BCUT2D eigenvalue weighted by Gasteiger charge is -2.21. The summed E-state index contributed by atoms with van der Waals surface area (Å²) in [5, 5.41) is 2.92. The van der Waals surface area contributed by atoms with Crippen LogP contribution in [-0.2, 0) is 11.3 Å². The van der Waals surface area contributed by atoms with Crippen LogP contribution in [0.5, 0.6) is 0 Å². The number of hydrogen-bond acceptors (Lipinski definition) is 3. The first-order valence-electron chi connectivity index (χ1n) is 8.88. The molecule has 0 radical (unpaired) electrons. The topological polar surface area (TPSA) is 32.3 Å². The van der Waals surface area contributed by atoms with Gasteiger partial charge < -0.3 is 10.2 Å². The van der Waals surface area contributed by atoms with E-state index in [0.29, 0.717) is 6.54 Å². The van der Waals surface area contributed by atoms with Gasteiger partial charge in [-0.05, 0) is 57.5 Å². The second kappa shape index (κ2) is 9.52. The largest absolute Gasteiger partial charge is 0.372 e. The molecule has 0 aromatic heterocycles. The van der Waals surface area contributed by atoms with Gasteiger partial charge in [-0.15, -0.1) is 11.8 Å².